The van der Waals surface area contributed by atoms with E-state index in [1.54, 1.807) is 41.3 Å². The van der Waals surface area contributed by atoms with Gasteiger partial charge in [-0.1, -0.05) is 30.3 Å². The third-order valence-corrected chi connectivity index (χ3v) is 5.39. The van der Waals surface area contributed by atoms with Crippen LogP contribution in [-0.4, -0.2) is 60.2 Å². The number of hydrogen-bond donors (Lipinski definition) is 0. The van der Waals surface area contributed by atoms with E-state index in [0.29, 0.717) is 43.1 Å². The van der Waals surface area contributed by atoms with Crippen LogP contribution < -0.4 is 4.74 Å². The second-order valence-electron chi connectivity index (χ2n) is 7.49. The number of piperazine rings is 1. The molecule has 6 heteroatoms. The van der Waals surface area contributed by atoms with Crippen molar-refractivity contribution in [3.63, 3.8) is 0 Å². The summed E-state index contributed by atoms with van der Waals surface area (Å²) in [6.45, 7) is 2.23. The van der Waals surface area contributed by atoms with Gasteiger partial charge in [-0.15, -0.1) is 0 Å². The number of carbonyl (C=O) groups excluding carboxylic acids is 3. The van der Waals surface area contributed by atoms with Gasteiger partial charge in [0.2, 0.25) is 5.91 Å². The number of ether oxygens (including phenoxy) is 1. The van der Waals surface area contributed by atoms with E-state index >= 15 is 0 Å². The van der Waals surface area contributed by atoms with Crippen molar-refractivity contribution in [1.82, 2.24) is 9.80 Å². The third kappa shape index (κ3) is 4.65. The van der Waals surface area contributed by atoms with Gasteiger partial charge in [-0.3, -0.25) is 14.4 Å². The number of ketones is 1. The molecule has 1 heterocycles. The monoisotopic (exact) mass is 392 g/mol. The summed E-state index contributed by atoms with van der Waals surface area (Å²) >= 11 is 0. The highest BCUT2D eigenvalue weighted by atomic mass is 16.5. The maximum atomic E-state index is 12.4. The van der Waals surface area contributed by atoms with Gasteiger partial charge in [-0.25, -0.2) is 0 Å². The molecule has 0 atom stereocenters. The highest BCUT2D eigenvalue weighted by Gasteiger charge is 2.35. The fraction of sp³-hybridized carbons (Fsp3) is 0.348. The van der Waals surface area contributed by atoms with Gasteiger partial charge in [0.1, 0.15) is 5.75 Å². The Balaban J connectivity index is 1.25. The van der Waals surface area contributed by atoms with E-state index in [1.807, 2.05) is 23.1 Å². The minimum Gasteiger partial charge on any atom is -0.484 e. The summed E-state index contributed by atoms with van der Waals surface area (Å²) in [6.07, 6.45) is 2.00. The molecule has 2 aromatic carbocycles. The Morgan fingerprint density at radius 3 is 2.00 bits per heavy atom. The zero-order valence-corrected chi connectivity index (χ0v) is 16.3. The molecule has 0 bridgehead atoms. The highest BCUT2D eigenvalue weighted by molar-refractivity contribution is 6.09. The molecule has 1 aliphatic heterocycles. The first-order chi connectivity index (χ1) is 14.1. The van der Waals surface area contributed by atoms with Crippen molar-refractivity contribution in [2.24, 2.45) is 5.92 Å². The van der Waals surface area contributed by atoms with Crippen LogP contribution in [0.4, 0.5) is 0 Å². The maximum Gasteiger partial charge on any atom is 0.260 e. The van der Waals surface area contributed by atoms with E-state index in [-0.39, 0.29) is 30.1 Å². The van der Waals surface area contributed by atoms with Gasteiger partial charge in [0, 0.05) is 43.2 Å². The van der Waals surface area contributed by atoms with Gasteiger partial charge in [-0.05, 0) is 37.1 Å². The number of rotatable bonds is 6. The lowest BCUT2D eigenvalue weighted by Gasteiger charge is -2.34. The Morgan fingerprint density at radius 2 is 1.38 bits per heavy atom. The lowest BCUT2D eigenvalue weighted by Crippen LogP contribution is -2.52. The lowest BCUT2D eigenvalue weighted by atomic mass is 10.0. The fourth-order valence-electron chi connectivity index (χ4n) is 3.46. The standard InChI is InChI=1S/C23H24N2O4/c26-21(24-12-14-25(15-13-24)23(28)19-6-7-19)16-29-20-10-8-18(9-11-20)22(27)17-4-2-1-3-5-17/h1-5,8-11,19H,6-7,12-16H2. The van der Waals surface area contributed by atoms with Gasteiger partial charge < -0.3 is 14.5 Å². The smallest absolute Gasteiger partial charge is 0.260 e. The molecule has 0 aromatic heterocycles. The Labute approximate surface area is 170 Å². The van der Waals surface area contributed by atoms with E-state index < -0.39 is 0 Å². The third-order valence-electron chi connectivity index (χ3n) is 5.39. The number of hydrogen-bond acceptors (Lipinski definition) is 4. The summed E-state index contributed by atoms with van der Waals surface area (Å²) in [5, 5.41) is 0. The van der Waals surface area contributed by atoms with Crippen molar-refractivity contribution in [1.29, 1.82) is 0 Å². The van der Waals surface area contributed by atoms with E-state index in [1.165, 1.54) is 0 Å². The highest BCUT2D eigenvalue weighted by Crippen LogP contribution is 2.31. The average molecular weight is 392 g/mol. The van der Waals surface area contributed by atoms with Crippen LogP contribution in [0.5, 0.6) is 5.75 Å². The molecular weight excluding hydrogens is 368 g/mol. The lowest BCUT2D eigenvalue weighted by molar-refractivity contribution is -0.141. The second-order valence-corrected chi connectivity index (χ2v) is 7.49. The Hall–Kier alpha value is -3.15. The Morgan fingerprint density at radius 1 is 0.793 bits per heavy atom. The number of benzene rings is 2. The molecule has 150 valence electrons. The Kier molecular flexibility index (Phi) is 5.60. The van der Waals surface area contributed by atoms with Crippen molar-refractivity contribution in [3.05, 3.63) is 65.7 Å². The van der Waals surface area contributed by atoms with Crippen LogP contribution in [0.2, 0.25) is 0 Å². The largest absolute Gasteiger partial charge is 0.484 e. The molecule has 0 unspecified atom stereocenters. The van der Waals surface area contributed by atoms with E-state index in [2.05, 4.69) is 0 Å². The van der Waals surface area contributed by atoms with Crippen LogP contribution in [0.1, 0.15) is 28.8 Å². The van der Waals surface area contributed by atoms with Crippen molar-refractivity contribution >= 4 is 17.6 Å². The second kappa shape index (κ2) is 8.47. The molecule has 6 nitrogen and oxygen atoms in total. The van der Waals surface area contributed by atoms with Crippen LogP contribution >= 0.6 is 0 Å². The van der Waals surface area contributed by atoms with Crippen LogP contribution in [0.25, 0.3) is 0 Å². The zero-order valence-electron chi connectivity index (χ0n) is 16.3. The number of nitrogens with zero attached hydrogens (tertiary/aromatic N) is 2. The van der Waals surface area contributed by atoms with Crippen LogP contribution in [0, 0.1) is 5.92 Å². The molecule has 2 aromatic rings. The molecule has 2 aliphatic rings. The van der Waals surface area contributed by atoms with Crippen LogP contribution in [-0.2, 0) is 9.59 Å². The van der Waals surface area contributed by atoms with E-state index in [4.69, 9.17) is 4.74 Å². The summed E-state index contributed by atoms with van der Waals surface area (Å²) in [5.41, 5.74) is 1.21. The number of amides is 2. The summed E-state index contributed by atoms with van der Waals surface area (Å²) in [7, 11) is 0. The SMILES string of the molecule is O=C(c1ccccc1)c1ccc(OCC(=O)N2CCN(C(=O)C3CC3)CC2)cc1. The molecule has 2 amide bonds. The molecule has 29 heavy (non-hydrogen) atoms. The van der Waals surface area contributed by atoms with Crippen molar-refractivity contribution in [3.8, 4) is 5.75 Å². The zero-order chi connectivity index (χ0) is 20.2. The molecule has 0 radical (unpaired) electrons. The summed E-state index contributed by atoms with van der Waals surface area (Å²) in [5.74, 6) is 0.862. The number of carbonyl (C=O) groups is 3. The van der Waals surface area contributed by atoms with Gasteiger partial charge in [0.05, 0.1) is 0 Å². The predicted octanol–water partition coefficient (Wildman–Crippen LogP) is 2.38. The normalized spacial score (nSPS) is 16.4. The molecule has 1 aliphatic carbocycles. The van der Waals surface area contributed by atoms with E-state index in [0.717, 1.165) is 12.8 Å². The molecule has 1 saturated carbocycles. The average Bonchev–Trinajstić information content (AvgIpc) is 3.63. The van der Waals surface area contributed by atoms with Gasteiger partial charge in [0.15, 0.2) is 12.4 Å². The van der Waals surface area contributed by atoms with Crippen molar-refractivity contribution < 1.29 is 19.1 Å². The van der Waals surface area contributed by atoms with E-state index in [9.17, 15) is 14.4 Å². The van der Waals surface area contributed by atoms with Crippen molar-refractivity contribution in [2.45, 2.75) is 12.8 Å². The first-order valence-electron chi connectivity index (χ1n) is 10.0. The minimum atomic E-state index is -0.0899. The molecule has 4 rings (SSSR count). The molecule has 1 saturated heterocycles. The fourth-order valence-corrected chi connectivity index (χ4v) is 3.46. The molecule has 0 spiro atoms. The first-order valence-corrected chi connectivity index (χ1v) is 10.0. The predicted molar refractivity (Wildman–Crippen MR) is 108 cm³/mol. The van der Waals surface area contributed by atoms with Gasteiger partial charge >= 0.3 is 0 Å². The quantitative estimate of drug-likeness (QED) is 0.708. The maximum absolute atomic E-state index is 12.4. The van der Waals surface area contributed by atoms with Gasteiger partial charge in [-0.2, -0.15) is 0 Å². The van der Waals surface area contributed by atoms with Gasteiger partial charge in [0.25, 0.3) is 5.91 Å². The van der Waals surface area contributed by atoms with Crippen molar-refractivity contribution in [2.75, 3.05) is 32.8 Å². The summed E-state index contributed by atoms with van der Waals surface area (Å²) in [6, 6.07) is 15.9. The van der Waals surface area contributed by atoms with Crippen LogP contribution in [0.15, 0.2) is 54.6 Å². The first kappa shape index (κ1) is 19.2. The van der Waals surface area contributed by atoms with Crippen LogP contribution in [0.3, 0.4) is 0 Å². The summed E-state index contributed by atoms with van der Waals surface area (Å²) < 4.78 is 5.60. The molecule has 2 fully saturated rings. The minimum absolute atomic E-state index is 0.0492. The topological polar surface area (TPSA) is 66.9 Å². The Bertz CT molecular complexity index is 883. The molecule has 0 N–H and O–H groups in total. The summed E-state index contributed by atoms with van der Waals surface area (Å²) in [4.78, 5) is 40.5. The molecular formula is C23H24N2O4.